The minimum Gasteiger partial charge on any atom is -0.379 e. The highest BCUT2D eigenvalue weighted by Crippen LogP contribution is 2.20. The van der Waals surface area contributed by atoms with E-state index in [9.17, 15) is 4.79 Å². The third kappa shape index (κ3) is 4.39. The summed E-state index contributed by atoms with van der Waals surface area (Å²) in [5.41, 5.74) is 1.89. The standard InChI is InChI=1S/C18H22N2O3S/c1-12-7-15(23-20-12)9-14-10-22-11-17(14)19-18(21)8-13-3-5-16(24-2)6-4-13/h3-7,14,17H,8-11H2,1-2H3,(H,19,21). The normalized spacial score (nSPS) is 20.2. The second kappa shape index (κ2) is 7.85. The summed E-state index contributed by atoms with van der Waals surface area (Å²) in [5, 5.41) is 7.01. The second-order valence-corrected chi connectivity index (χ2v) is 7.01. The third-order valence-corrected chi connectivity index (χ3v) is 4.95. The number of aromatic nitrogens is 1. The van der Waals surface area contributed by atoms with Crippen LogP contribution in [-0.2, 0) is 22.4 Å². The van der Waals surface area contributed by atoms with Gasteiger partial charge >= 0.3 is 0 Å². The summed E-state index contributed by atoms with van der Waals surface area (Å²) in [7, 11) is 0. The summed E-state index contributed by atoms with van der Waals surface area (Å²) in [6, 6.07) is 10.1. The summed E-state index contributed by atoms with van der Waals surface area (Å²) in [6.45, 7) is 3.09. The van der Waals surface area contributed by atoms with Crippen LogP contribution in [0.15, 0.2) is 39.8 Å². The largest absolute Gasteiger partial charge is 0.379 e. The van der Waals surface area contributed by atoms with Crippen molar-refractivity contribution in [1.29, 1.82) is 0 Å². The Labute approximate surface area is 146 Å². The maximum absolute atomic E-state index is 12.3. The van der Waals surface area contributed by atoms with Crippen molar-refractivity contribution in [3.63, 3.8) is 0 Å². The summed E-state index contributed by atoms with van der Waals surface area (Å²) in [5.74, 6) is 1.09. The van der Waals surface area contributed by atoms with Crippen LogP contribution in [0.4, 0.5) is 0 Å². The topological polar surface area (TPSA) is 64.4 Å². The smallest absolute Gasteiger partial charge is 0.224 e. The highest BCUT2D eigenvalue weighted by Gasteiger charge is 2.30. The summed E-state index contributed by atoms with van der Waals surface area (Å²) >= 11 is 1.69. The maximum atomic E-state index is 12.3. The van der Waals surface area contributed by atoms with Gasteiger partial charge in [0.15, 0.2) is 0 Å². The SMILES string of the molecule is CSc1ccc(CC(=O)NC2COCC2Cc2cc(C)no2)cc1. The molecule has 1 fully saturated rings. The number of ether oxygens (including phenoxy) is 1. The van der Waals surface area contributed by atoms with Crippen LogP contribution in [0.25, 0.3) is 0 Å². The van der Waals surface area contributed by atoms with Gasteiger partial charge in [0.25, 0.3) is 0 Å². The Morgan fingerprint density at radius 2 is 2.12 bits per heavy atom. The van der Waals surface area contributed by atoms with Crippen molar-refractivity contribution in [3.8, 4) is 0 Å². The maximum Gasteiger partial charge on any atom is 0.224 e. The fourth-order valence-corrected chi connectivity index (χ4v) is 3.33. The predicted octanol–water partition coefficient (Wildman–Crippen LogP) is 2.62. The van der Waals surface area contributed by atoms with E-state index in [-0.39, 0.29) is 17.9 Å². The number of carbonyl (C=O) groups is 1. The molecule has 1 aromatic carbocycles. The van der Waals surface area contributed by atoms with Gasteiger partial charge in [-0.15, -0.1) is 11.8 Å². The van der Waals surface area contributed by atoms with Crippen molar-refractivity contribution >= 4 is 17.7 Å². The molecule has 0 radical (unpaired) electrons. The Morgan fingerprint density at radius 1 is 1.33 bits per heavy atom. The van der Waals surface area contributed by atoms with Gasteiger partial charge in [0, 0.05) is 23.3 Å². The van der Waals surface area contributed by atoms with E-state index in [1.54, 1.807) is 11.8 Å². The van der Waals surface area contributed by atoms with E-state index in [0.717, 1.165) is 23.4 Å². The minimum absolute atomic E-state index is 0.0216. The number of aryl methyl sites for hydroxylation is 1. The minimum atomic E-state index is 0.0216. The number of benzene rings is 1. The number of hydrogen-bond donors (Lipinski definition) is 1. The van der Waals surface area contributed by atoms with E-state index in [1.807, 2.05) is 43.5 Å². The molecule has 1 N–H and O–H groups in total. The molecule has 2 atom stereocenters. The van der Waals surface area contributed by atoms with Crippen LogP contribution in [0.3, 0.4) is 0 Å². The van der Waals surface area contributed by atoms with E-state index < -0.39 is 0 Å². The Hall–Kier alpha value is -1.79. The van der Waals surface area contributed by atoms with Crippen LogP contribution in [0.5, 0.6) is 0 Å². The van der Waals surface area contributed by atoms with Crippen molar-refractivity contribution in [1.82, 2.24) is 10.5 Å². The first-order valence-corrected chi connectivity index (χ1v) is 9.29. The van der Waals surface area contributed by atoms with E-state index in [4.69, 9.17) is 9.26 Å². The predicted molar refractivity (Wildman–Crippen MR) is 93.1 cm³/mol. The van der Waals surface area contributed by atoms with Crippen molar-refractivity contribution in [2.24, 2.45) is 5.92 Å². The van der Waals surface area contributed by atoms with Crippen molar-refractivity contribution < 1.29 is 14.1 Å². The highest BCUT2D eigenvalue weighted by molar-refractivity contribution is 7.98. The molecular weight excluding hydrogens is 324 g/mol. The number of amides is 1. The number of nitrogens with one attached hydrogen (secondary N) is 1. The zero-order chi connectivity index (χ0) is 16.9. The van der Waals surface area contributed by atoms with Gasteiger partial charge < -0.3 is 14.6 Å². The number of nitrogens with zero attached hydrogens (tertiary/aromatic N) is 1. The summed E-state index contributed by atoms with van der Waals surface area (Å²) in [6.07, 6.45) is 3.16. The van der Waals surface area contributed by atoms with Crippen LogP contribution in [0.1, 0.15) is 17.0 Å². The molecule has 0 spiro atoms. The highest BCUT2D eigenvalue weighted by atomic mass is 32.2. The molecule has 1 saturated heterocycles. The van der Waals surface area contributed by atoms with Gasteiger partial charge in [-0.2, -0.15) is 0 Å². The molecule has 1 amide bonds. The Morgan fingerprint density at radius 3 is 2.79 bits per heavy atom. The fraction of sp³-hybridized carbons (Fsp3) is 0.444. The van der Waals surface area contributed by atoms with Gasteiger partial charge in [0.1, 0.15) is 5.76 Å². The van der Waals surface area contributed by atoms with Crippen molar-refractivity contribution in [2.45, 2.75) is 30.7 Å². The van der Waals surface area contributed by atoms with Crippen LogP contribution >= 0.6 is 11.8 Å². The molecule has 128 valence electrons. The van der Waals surface area contributed by atoms with Gasteiger partial charge in [-0.1, -0.05) is 17.3 Å². The lowest BCUT2D eigenvalue weighted by atomic mass is 9.98. The molecule has 0 saturated carbocycles. The van der Waals surface area contributed by atoms with Gasteiger partial charge in [-0.25, -0.2) is 0 Å². The number of carbonyl (C=O) groups excluding carboxylic acids is 1. The van der Waals surface area contributed by atoms with Crippen LogP contribution in [0, 0.1) is 12.8 Å². The van der Waals surface area contributed by atoms with E-state index >= 15 is 0 Å². The van der Waals surface area contributed by atoms with Crippen LogP contribution < -0.4 is 5.32 Å². The third-order valence-electron chi connectivity index (χ3n) is 4.21. The zero-order valence-corrected chi connectivity index (χ0v) is 14.8. The molecule has 2 unspecified atom stereocenters. The molecule has 1 aliphatic heterocycles. The average molecular weight is 346 g/mol. The second-order valence-electron chi connectivity index (χ2n) is 6.14. The molecule has 5 nitrogen and oxygen atoms in total. The number of rotatable bonds is 6. The lowest BCUT2D eigenvalue weighted by Gasteiger charge is -2.18. The van der Waals surface area contributed by atoms with E-state index in [1.165, 1.54) is 4.90 Å². The first-order chi connectivity index (χ1) is 11.6. The number of thioether (sulfide) groups is 1. The molecule has 2 heterocycles. The molecule has 24 heavy (non-hydrogen) atoms. The van der Waals surface area contributed by atoms with Crippen molar-refractivity contribution in [3.05, 3.63) is 47.3 Å². The first kappa shape index (κ1) is 17.0. The molecule has 0 aliphatic carbocycles. The molecule has 2 aromatic rings. The lowest BCUT2D eigenvalue weighted by molar-refractivity contribution is -0.121. The fourth-order valence-electron chi connectivity index (χ4n) is 2.92. The molecule has 6 heteroatoms. The quantitative estimate of drug-likeness (QED) is 0.815. The zero-order valence-electron chi connectivity index (χ0n) is 14.0. The summed E-state index contributed by atoms with van der Waals surface area (Å²) in [4.78, 5) is 13.5. The van der Waals surface area contributed by atoms with Gasteiger partial charge in [-0.05, 0) is 30.9 Å². The van der Waals surface area contributed by atoms with Gasteiger partial charge in [-0.3, -0.25) is 4.79 Å². The lowest BCUT2D eigenvalue weighted by Crippen LogP contribution is -2.41. The number of hydrogen-bond acceptors (Lipinski definition) is 5. The van der Waals surface area contributed by atoms with E-state index in [0.29, 0.717) is 19.6 Å². The van der Waals surface area contributed by atoms with Gasteiger partial charge in [0.05, 0.1) is 31.4 Å². The Balaban J connectivity index is 1.54. The Kier molecular flexibility index (Phi) is 5.58. The Bertz CT molecular complexity index is 684. The molecule has 1 aromatic heterocycles. The van der Waals surface area contributed by atoms with E-state index in [2.05, 4.69) is 10.5 Å². The molecular formula is C18H22N2O3S. The molecule has 3 rings (SSSR count). The van der Waals surface area contributed by atoms with Crippen molar-refractivity contribution in [2.75, 3.05) is 19.5 Å². The van der Waals surface area contributed by atoms with Crippen LogP contribution in [0.2, 0.25) is 0 Å². The van der Waals surface area contributed by atoms with Gasteiger partial charge in [0.2, 0.25) is 5.91 Å². The summed E-state index contributed by atoms with van der Waals surface area (Å²) < 4.78 is 10.8. The molecule has 0 bridgehead atoms. The monoisotopic (exact) mass is 346 g/mol. The van der Waals surface area contributed by atoms with Crippen LogP contribution in [-0.4, -0.2) is 36.6 Å². The molecule has 1 aliphatic rings. The average Bonchev–Trinajstić information content (AvgIpc) is 3.18. The first-order valence-electron chi connectivity index (χ1n) is 8.06.